The Bertz CT molecular complexity index is 523. The zero-order chi connectivity index (χ0) is 13.0. The smallest absolute Gasteiger partial charge is 0.259 e. The van der Waals surface area contributed by atoms with Crippen LogP contribution < -0.4 is 4.90 Å². The van der Waals surface area contributed by atoms with E-state index < -0.39 is 0 Å². The normalized spacial score (nSPS) is 10.3. The Morgan fingerprint density at radius 2 is 2.33 bits per heavy atom. The molecule has 0 bridgehead atoms. The summed E-state index contributed by atoms with van der Waals surface area (Å²) in [6.45, 7) is 0.0249. The summed E-state index contributed by atoms with van der Waals surface area (Å²) >= 11 is 0. The maximum Gasteiger partial charge on any atom is 0.259 e. The fourth-order valence-corrected chi connectivity index (χ4v) is 1.70. The molecule has 0 atom stereocenters. The Morgan fingerprint density at radius 1 is 1.50 bits per heavy atom. The Balaban J connectivity index is 2.20. The zero-order valence-electron chi connectivity index (χ0n) is 10.1. The van der Waals surface area contributed by atoms with Gasteiger partial charge in [0.25, 0.3) is 5.91 Å². The number of anilines is 1. The summed E-state index contributed by atoms with van der Waals surface area (Å²) < 4.78 is 0. The number of aliphatic hydroxyl groups is 1. The first kappa shape index (κ1) is 12.3. The zero-order valence-corrected chi connectivity index (χ0v) is 10.1. The molecule has 94 valence electrons. The van der Waals surface area contributed by atoms with Crippen LogP contribution in [-0.4, -0.2) is 34.6 Å². The molecule has 0 saturated heterocycles. The molecule has 18 heavy (non-hydrogen) atoms. The molecule has 2 N–H and O–H groups in total. The van der Waals surface area contributed by atoms with E-state index in [1.807, 2.05) is 12.1 Å². The van der Waals surface area contributed by atoms with Crippen LogP contribution >= 0.6 is 0 Å². The fraction of sp³-hybridized carbons (Fsp3) is 0.231. The van der Waals surface area contributed by atoms with Crippen molar-refractivity contribution in [2.75, 3.05) is 18.6 Å². The molecule has 0 aliphatic heterocycles. The maximum atomic E-state index is 12.2. The average Bonchev–Trinajstić information content (AvgIpc) is 2.91. The molecule has 2 aromatic rings. The van der Waals surface area contributed by atoms with Gasteiger partial charge in [-0.25, -0.2) is 0 Å². The van der Waals surface area contributed by atoms with Gasteiger partial charge >= 0.3 is 0 Å². The van der Waals surface area contributed by atoms with E-state index in [9.17, 15) is 4.79 Å². The molecular formula is C13H15N3O2. The Kier molecular flexibility index (Phi) is 3.74. The first-order valence-corrected chi connectivity index (χ1v) is 5.69. The molecule has 5 nitrogen and oxygen atoms in total. The molecule has 0 fully saturated rings. The van der Waals surface area contributed by atoms with Crippen molar-refractivity contribution in [3.63, 3.8) is 0 Å². The number of carbonyl (C=O) groups excluding carboxylic acids is 1. The van der Waals surface area contributed by atoms with Gasteiger partial charge in [0.05, 0.1) is 0 Å². The number of aromatic nitrogens is 2. The van der Waals surface area contributed by atoms with Gasteiger partial charge in [0.15, 0.2) is 0 Å². The van der Waals surface area contributed by atoms with E-state index in [-0.39, 0.29) is 12.5 Å². The largest absolute Gasteiger partial charge is 0.396 e. The van der Waals surface area contributed by atoms with Crippen molar-refractivity contribution >= 4 is 11.7 Å². The van der Waals surface area contributed by atoms with Crippen molar-refractivity contribution < 1.29 is 9.90 Å². The summed E-state index contributed by atoms with van der Waals surface area (Å²) in [6.07, 6.45) is 3.80. The van der Waals surface area contributed by atoms with Crippen molar-refractivity contribution in [1.82, 2.24) is 9.97 Å². The lowest BCUT2D eigenvalue weighted by Crippen LogP contribution is -2.26. The lowest BCUT2D eigenvalue weighted by atomic mass is 10.2. The second-order valence-corrected chi connectivity index (χ2v) is 3.93. The van der Waals surface area contributed by atoms with Gasteiger partial charge in [-0.1, -0.05) is 0 Å². The second-order valence-electron chi connectivity index (χ2n) is 3.93. The van der Waals surface area contributed by atoms with Crippen molar-refractivity contribution in [3.05, 3.63) is 47.9 Å². The number of aromatic amines is 1. The van der Waals surface area contributed by atoms with Gasteiger partial charge in [-0.15, -0.1) is 0 Å². The number of amides is 1. The SMILES string of the molecule is CN(C(=O)c1ccnc(CCO)c1)c1ccc[nH]1. The number of pyridine rings is 1. The Morgan fingerprint density at radius 3 is 3.00 bits per heavy atom. The second kappa shape index (κ2) is 5.46. The molecule has 0 aliphatic rings. The maximum absolute atomic E-state index is 12.2. The summed E-state index contributed by atoms with van der Waals surface area (Å²) in [5.41, 5.74) is 1.27. The highest BCUT2D eigenvalue weighted by atomic mass is 16.3. The van der Waals surface area contributed by atoms with E-state index in [4.69, 9.17) is 5.11 Å². The van der Waals surface area contributed by atoms with Gasteiger partial charge in [0.2, 0.25) is 0 Å². The number of H-pyrrole nitrogens is 1. The molecule has 0 saturated carbocycles. The minimum Gasteiger partial charge on any atom is -0.396 e. The summed E-state index contributed by atoms with van der Waals surface area (Å²) in [4.78, 5) is 20.8. The predicted molar refractivity (Wildman–Crippen MR) is 68.6 cm³/mol. The molecule has 2 aromatic heterocycles. The Hall–Kier alpha value is -2.14. The lowest BCUT2D eigenvalue weighted by molar-refractivity contribution is 0.0992. The van der Waals surface area contributed by atoms with Crippen LogP contribution in [0.15, 0.2) is 36.7 Å². The minimum atomic E-state index is -0.112. The third kappa shape index (κ3) is 2.57. The van der Waals surface area contributed by atoms with E-state index in [0.29, 0.717) is 17.7 Å². The lowest BCUT2D eigenvalue weighted by Gasteiger charge is -2.15. The van der Waals surface area contributed by atoms with Crippen molar-refractivity contribution in [1.29, 1.82) is 0 Å². The number of rotatable bonds is 4. The van der Waals surface area contributed by atoms with Crippen molar-refractivity contribution in [3.8, 4) is 0 Å². The standard InChI is InChI=1S/C13H15N3O2/c1-16(12-3-2-6-15-12)13(18)10-4-7-14-11(9-10)5-8-17/h2-4,6-7,9,15,17H,5,8H2,1H3. The number of nitrogens with one attached hydrogen (secondary N) is 1. The Labute approximate surface area is 105 Å². The van der Waals surface area contributed by atoms with E-state index >= 15 is 0 Å². The van der Waals surface area contributed by atoms with Crippen LogP contribution in [0, 0.1) is 0 Å². The van der Waals surface area contributed by atoms with Gasteiger partial charge in [0, 0.05) is 43.7 Å². The van der Waals surface area contributed by atoms with Gasteiger partial charge < -0.3 is 10.1 Å². The van der Waals surface area contributed by atoms with Gasteiger partial charge in [0.1, 0.15) is 5.82 Å². The van der Waals surface area contributed by atoms with E-state index in [0.717, 1.165) is 5.82 Å². The summed E-state index contributed by atoms with van der Waals surface area (Å²) in [5.74, 6) is 0.625. The van der Waals surface area contributed by atoms with E-state index in [1.54, 1.807) is 31.6 Å². The monoisotopic (exact) mass is 245 g/mol. The highest BCUT2D eigenvalue weighted by Crippen LogP contribution is 2.13. The minimum absolute atomic E-state index is 0.0249. The summed E-state index contributed by atoms with van der Waals surface area (Å²) in [7, 11) is 1.71. The van der Waals surface area contributed by atoms with Crippen LogP contribution in [0.25, 0.3) is 0 Å². The van der Waals surface area contributed by atoms with Crippen molar-refractivity contribution in [2.24, 2.45) is 0 Å². The van der Waals surface area contributed by atoms with Crippen LogP contribution in [0.2, 0.25) is 0 Å². The van der Waals surface area contributed by atoms with E-state index in [2.05, 4.69) is 9.97 Å². The molecule has 5 heteroatoms. The fourth-order valence-electron chi connectivity index (χ4n) is 1.70. The molecule has 0 aliphatic carbocycles. The third-order valence-electron chi connectivity index (χ3n) is 2.68. The number of nitrogens with zero attached hydrogens (tertiary/aromatic N) is 2. The van der Waals surface area contributed by atoms with Gasteiger partial charge in [-0.2, -0.15) is 0 Å². The van der Waals surface area contributed by atoms with Crippen molar-refractivity contribution in [2.45, 2.75) is 6.42 Å². The topological polar surface area (TPSA) is 69.2 Å². The van der Waals surface area contributed by atoms with Gasteiger partial charge in [-0.3, -0.25) is 14.7 Å². The molecule has 2 heterocycles. The first-order chi connectivity index (χ1) is 8.72. The predicted octanol–water partition coefficient (Wildman–Crippen LogP) is 1.22. The van der Waals surface area contributed by atoms with Crippen LogP contribution in [-0.2, 0) is 6.42 Å². The van der Waals surface area contributed by atoms with Crippen LogP contribution in [0.1, 0.15) is 16.1 Å². The highest BCUT2D eigenvalue weighted by molar-refractivity contribution is 6.05. The first-order valence-electron chi connectivity index (χ1n) is 5.69. The molecule has 2 rings (SSSR count). The van der Waals surface area contributed by atoms with E-state index in [1.165, 1.54) is 4.90 Å². The number of hydrogen-bond acceptors (Lipinski definition) is 3. The van der Waals surface area contributed by atoms with Crippen LogP contribution in [0.3, 0.4) is 0 Å². The highest BCUT2D eigenvalue weighted by Gasteiger charge is 2.14. The quantitative estimate of drug-likeness (QED) is 0.851. The number of hydrogen-bond donors (Lipinski definition) is 2. The molecule has 0 spiro atoms. The van der Waals surface area contributed by atoms with Crippen LogP contribution in [0.4, 0.5) is 5.82 Å². The molecule has 0 aromatic carbocycles. The molecule has 1 amide bonds. The molecule has 0 unspecified atom stereocenters. The number of aliphatic hydroxyl groups excluding tert-OH is 1. The molecule has 0 radical (unpaired) electrons. The number of carbonyl (C=O) groups is 1. The molecular weight excluding hydrogens is 230 g/mol. The van der Waals surface area contributed by atoms with Gasteiger partial charge in [-0.05, 0) is 24.3 Å². The third-order valence-corrected chi connectivity index (χ3v) is 2.68. The average molecular weight is 245 g/mol. The summed E-state index contributed by atoms with van der Waals surface area (Å²) in [5, 5.41) is 8.87. The summed E-state index contributed by atoms with van der Waals surface area (Å²) in [6, 6.07) is 7.04. The van der Waals surface area contributed by atoms with Crippen LogP contribution in [0.5, 0.6) is 0 Å².